The van der Waals surface area contributed by atoms with Crippen molar-refractivity contribution in [3.8, 4) is 34.6 Å². The fraction of sp³-hybridized carbons (Fsp3) is 0.167. The number of halogens is 3. The van der Waals surface area contributed by atoms with E-state index in [1.54, 1.807) is 7.11 Å². The molecule has 0 spiro atoms. The first kappa shape index (κ1) is 22.5. The van der Waals surface area contributed by atoms with Gasteiger partial charge in [0.25, 0.3) is 5.89 Å². The Kier molecular flexibility index (Phi) is 5.91. The summed E-state index contributed by atoms with van der Waals surface area (Å²) in [5, 5.41) is 4.90. The lowest BCUT2D eigenvalue weighted by atomic mass is 10.1. The predicted molar refractivity (Wildman–Crippen MR) is 120 cm³/mol. The Morgan fingerprint density at radius 1 is 1.00 bits per heavy atom. The molecule has 0 unspecified atom stereocenters. The number of fused-ring (bicyclic) bond motifs is 1. The monoisotopic (exact) mass is 481 g/mol. The summed E-state index contributed by atoms with van der Waals surface area (Å²) < 4.78 is 56.5. The molecular weight excluding hydrogens is 463 g/mol. The molecule has 0 atom stereocenters. The minimum absolute atomic E-state index is 0.0799. The van der Waals surface area contributed by atoms with Gasteiger partial charge in [-0.1, -0.05) is 17.3 Å². The molecule has 35 heavy (non-hydrogen) atoms. The number of methoxy groups -OCH3 is 1. The van der Waals surface area contributed by atoms with E-state index < -0.39 is 11.7 Å². The van der Waals surface area contributed by atoms with E-state index in [-0.39, 0.29) is 17.6 Å². The van der Waals surface area contributed by atoms with E-state index in [0.717, 1.165) is 29.6 Å². The van der Waals surface area contributed by atoms with Gasteiger partial charge in [0.15, 0.2) is 0 Å². The van der Waals surface area contributed by atoms with Crippen molar-refractivity contribution >= 4 is 10.9 Å². The molecule has 3 aromatic heterocycles. The summed E-state index contributed by atoms with van der Waals surface area (Å²) in [7, 11) is 1.66. The molecule has 0 saturated carbocycles. The van der Waals surface area contributed by atoms with Gasteiger partial charge in [0, 0.05) is 31.5 Å². The third kappa shape index (κ3) is 4.85. The minimum Gasteiger partial charge on any atom is -0.437 e. The second kappa shape index (κ2) is 9.18. The third-order valence-corrected chi connectivity index (χ3v) is 5.25. The van der Waals surface area contributed by atoms with Crippen LogP contribution >= 0.6 is 0 Å². The highest BCUT2D eigenvalue weighted by atomic mass is 19.4. The first-order chi connectivity index (χ1) is 16.9. The van der Waals surface area contributed by atoms with Gasteiger partial charge in [0.2, 0.25) is 11.7 Å². The van der Waals surface area contributed by atoms with Crippen molar-refractivity contribution in [3.63, 3.8) is 0 Å². The van der Waals surface area contributed by atoms with Crippen molar-refractivity contribution in [2.45, 2.75) is 12.7 Å². The Labute approximate surface area is 197 Å². The second-order valence-electron chi connectivity index (χ2n) is 7.56. The Hall–Kier alpha value is -4.25. The van der Waals surface area contributed by atoms with Crippen LogP contribution in [-0.2, 0) is 17.5 Å². The number of aromatic nitrogens is 5. The van der Waals surface area contributed by atoms with Gasteiger partial charge in [-0.15, -0.1) is 0 Å². The first-order valence-electron chi connectivity index (χ1n) is 10.5. The SMILES string of the molecule is COCCn1ccc2ccc(Oc3cnc(-c4nc(-c5ccc(C(F)(F)F)cc5)no4)cn3)cc21. The number of alkyl halides is 3. The maximum Gasteiger partial charge on any atom is 0.416 e. The van der Waals surface area contributed by atoms with E-state index in [2.05, 4.69) is 24.7 Å². The molecule has 11 heteroatoms. The fourth-order valence-corrected chi connectivity index (χ4v) is 3.46. The highest BCUT2D eigenvalue weighted by molar-refractivity contribution is 5.81. The van der Waals surface area contributed by atoms with Gasteiger partial charge in [-0.2, -0.15) is 18.2 Å². The van der Waals surface area contributed by atoms with Crippen molar-refractivity contribution in [1.29, 1.82) is 0 Å². The van der Waals surface area contributed by atoms with E-state index in [0.29, 0.717) is 23.6 Å². The molecule has 0 bridgehead atoms. The van der Waals surface area contributed by atoms with Crippen molar-refractivity contribution in [3.05, 3.63) is 72.7 Å². The van der Waals surface area contributed by atoms with Gasteiger partial charge in [0.1, 0.15) is 11.4 Å². The number of benzene rings is 2. The number of hydrogen-bond acceptors (Lipinski definition) is 7. The molecule has 0 saturated heterocycles. The molecule has 0 radical (unpaired) electrons. The maximum absolute atomic E-state index is 12.8. The first-order valence-corrected chi connectivity index (χ1v) is 10.5. The van der Waals surface area contributed by atoms with Crippen LogP contribution in [0.2, 0.25) is 0 Å². The maximum atomic E-state index is 12.8. The lowest BCUT2D eigenvalue weighted by Crippen LogP contribution is -2.04. The topological polar surface area (TPSA) is 88.1 Å². The number of rotatable bonds is 7. The molecular formula is C24H18F3N5O3. The highest BCUT2D eigenvalue weighted by Crippen LogP contribution is 2.31. The van der Waals surface area contributed by atoms with Crippen molar-refractivity contribution < 1.29 is 27.2 Å². The Balaban J connectivity index is 1.30. The van der Waals surface area contributed by atoms with Crippen molar-refractivity contribution in [2.24, 2.45) is 0 Å². The predicted octanol–water partition coefficient (Wildman–Crippen LogP) is 5.61. The van der Waals surface area contributed by atoms with Gasteiger partial charge in [-0.3, -0.25) is 0 Å². The molecule has 8 nitrogen and oxygen atoms in total. The van der Waals surface area contributed by atoms with Crippen LogP contribution in [0.5, 0.6) is 11.6 Å². The summed E-state index contributed by atoms with van der Waals surface area (Å²) in [4.78, 5) is 12.7. The summed E-state index contributed by atoms with van der Waals surface area (Å²) in [5.74, 6) is 1.09. The van der Waals surface area contributed by atoms with Gasteiger partial charge in [-0.25, -0.2) is 9.97 Å². The molecule has 5 rings (SSSR count). The summed E-state index contributed by atoms with van der Waals surface area (Å²) >= 11 is 0. The molecule has 0 aliphatic rings. The van der Waals surface area contributed by atoms with E-state index in [4.69, 9.17) is 14.0 Å². The summed E-state index contributed by atoms with van der Waals surface area (Å²) in [6.45, 7) is 1.31. The Morgan fingerprint density at radius 2 is 1.83 bits per heavy atom. The molecule has 0 aliphatic heterocycles. The molecule has 5 aromatic rings. The second-order valence-corrected chi connectivity index (χ2v) is 7.56. The quantitative estimate of drug-likeness (QED) is 0.299. The summed E-state index contributed by atoms with van der Waals surface area (Å²) in [6, 6.07) is 12.2. The lowest BCUT2D eigenvalue weighted by Gasteiger charge is -2.07. The number of hydrogen-bond donors (Lipinski definition) is 0. The molecule has 3 heterocycles. The van der Waals surface area contributed by atoms with E-state index in [9.17, 15) is 13.2 Å². The van der Waals surface area contributed by atoms with Crippen molar-refractivity contribution in [2.75, 3.05) is 13.7 Å². The van der Waals surface area contributed by atoms with Gasteiger partial charge in [-0.05, 0) is 35.7 Å². The van der Waals surface area contributed by atoms with E-state index in [1.807, 2.05) is 30.5 Å². The smallest absolute Gasteiger partial charge is 0.416 e. The zero-order chi connectivity index (χ0) is 24.4. The summed E-state index contributed by atoms with van der Waals surface area (Å²) in [6.07, 6.45) is 0.413. The molecule has 0 amide bonds. The molecule has 0 aliphatic carbocycles. The van der Waals surface area contributed by atoms with Crippen molar-refractivity contribution in [1.82, 2.24) is 24.7 Å². The number of ether oxygens (including phenoxy) is 2. The van der Waals surface area contributed by atoms with E-state index in [1.165, 1.54) is 24.5 Å². The number of nitrogens with zero attached hydrogens (tertiary/aromatic N) is 5. The average molecular weight is 481 g/mol. The van der Waals surface area contributed by atoms with Crippen LogP contribution < -0.4 is 4.74 Å². The fourth-order valence-electron chi connectivity index (χ4n) is 3.46. The van der Waals surface area contributed by atoms with Crippen LogP contribution in [0.1, 0.15) is 5.56 Å². The van der Waals surface area contributed by atoms with Crippen LogP contribution in [0.4, 0.5) is 13.2 Å². The average Bonchev–Trinajstić information content (AvgIpc) is 3.50. The minimum atomic E-state index is -4.42. The standard InChI is InChI=1S/C24H18F3N5O3/c1-33-11-10-32-9-8-15-4-7-18(12-20(15)32)34-21-14-28-19(13-29-21)23-30-22(31-35-23)16-2-5-17(6-3-16)24(25,26)27/h2-9,12-14H,10-11H2,1H3. The van der Waals surface area contributed by atoms with Crippen LogP contribution in [0.25, 0.3) is 33.9 Å². The highest BCUT2D eigenvalue weighted by Gasteiger charge is 2.30. The van der Waals surface area contributed by atoms with Gasteiger partial charge in [0.05, 0.1) is 30.1 Å². The lowest BCUT2D eigenvalue weighted by molar-refractivity contribution is -0.137. The van der Waals surface area contributed by atoms with Crippen LogP contribution in [0, 0.1) is 0 Å². The molecule has 0 fully saturated rings. The van der Waals surface area contributed by atoms with Crippen LogP contribution in [-0.4, -0.2) is 38.4 Å². The summed E-state index contributed by atoms with van der Waals surface area (Å²) in [5.41, 5.74) is 0.929. The zero-order valence-corrected chi connectivity index (χ0v) is 18.4. The normalized spacial score (nSPS) is 11.8. The molecule has 0 N–H and O–H groups in total. The Morgan fingerprint density at radius 3 is 2.54 bits per heavy atom. The third-order valence-electron chi connectivity index (χ3n) is 5.25. The largest absolute Gasteiger partial charge is 0.437 e. The molecule has 178 valence electrons. The van der Waals surface area contributed by atoms with Crippen LogP contribution in [0.15, 0.2) is 71.6 Å². The van der Waals surface area contributed by atoms with Gasteiger partial charge >= 0.3 is 6.18 Å². The van der Waals surface area contributed by atoms with E-state index >= 15 is 0 Å². The Bertz CT molecular complexity index is 1440. The van der Waals surface area contributed by atoms with Gasteiger partial charge < -0.3 is 18.6 Å². The molecule has 2 aromatic carbocycles. The van der Waals surface area contributed by atoms with Crippen LogP contribution in [0.3, 0.4) is 0 Å². The zero-order valence-electron chi connectivity index (χ0n) is 18.4.